The van der Waals surface area contributed by atoms with Crippen molar-refractivity contribution in [3.05, 3.63) is 59.7 Å². The van der Waals surface area contributed by atoms with Gasteiger partial charge in [0.25, 0.3) is 5.91 Å². The number of carbonyl (C=O) groups excluding carboxylic acids is 2. The largest absolute Gasteiger partial charge is 0.484 e. The number of nitriles is 1. The van der Waals surface area contributed by atoms with Crippen molar-refractivity contribution >= 4 is 29.3 Å². The van der Waals surface area contributed by atoms with Gasteiger partial charge in [0, 0.05) is 11.4 Å². The van der Waals surface area contributed by atoms with E-state index in [0.717, 1.165) is 24.3 Å². The molecule has 1 saturated heterocycles. The Kier molecular flexibility index (Phi) is 6.52. The van der Waals surface area contributed by atoms with Crippen LogP contribution in [0.15, 0.2) is 48.5 Å². The summed E-state index contributed by atoms with van der Waals surface area (Å²) in [5.74, 6) is 0.0312. The molecule has 0 saturated carbocycles. The SMILES string of the molecule is N#Cc1ccc(NC(=O)C2CSCN2C(=O)COc2ccc(C(F)(F)F)cc2)cc1. The Bertz CT molecular complexity index is 956. The van der Waals surface area contributed by atoms with Crippen molar-refractivity contribution in [1.29, 1.82) is 5.26 Å². The highest BCUT2D eigenvalue weighted by molar-refractivity contribution is 7.99. The van der Waals surface area contributed by atoms with Crippen molar-refractivity contribution in [1.82, 2.24) is 4.90 Å². The molecule has 1 N–H and O–H groups in total. The molecule has 2 amide bonds. The Morgan fingerprint density at radius 1 is 1.17 bits per heavy atom. The fourth-order valence-corrected chi connectivity index (χ4v) is 3.91. The number of hydrogen-bond acceptors (Lipinski definition) is 5. The third-order valence-corrected chi connectivity index (χ3v) is 5.34. The molecule has 1 aliphatic rings. The lowest BCUT2D eigenvalue weighted by molar-refractivity contribution is -0.138. The molecule has 1 heterocycles. The van der Waals surface area contributed by atoms with Gasteiger partial charge in [-0.25, -0.2) is 0 Å². The van der Waals surface area contributed by atoms with Gasteiger partial charge in [-0.05, 0) is 48.5 Å². The van der Waals surface area contributed by atoms with Gasteiger partial charge in [-0.1, -0.05) is 0 Å². The van der Waals surface area contributed by atoms with Crippen LogP contribution in [0.5, 0.6) is 5.75 Å². The van der Waals surface area contributed by atoms with Crippen LogP contribution < -0.4 is 10.1 Å². The summed E-state index contributed by atoms with van der Waals surface area (Å²) in [5, 5.41) is 11.5. The minimum absolute atomic E-state index is 0.127. The van der Waals surface area contributed by atoms with Gasteiger partial charge in [0.1, 0.15) is 11.8 Å². The molecule has 6 nitrogen and oxygen atoms in total. The molecule has 0 bridgehead atoms. The summed E-state index contributed by atoms with van der Waals surface area (Å²) in [7, 11) is 0. The molecule has 0 spiro atoms. The van der Waals surface area contributed by atoms with Crippen molar-refractivity contribution in [2.24, 2.45) is 0 Å². The topological polar surface area (TPSA) is 82.4 Å². The van der Waals surface area contributed by atoms with E-state index in [0.29, 0.717) is 22.9 Å². The summed E-state index contributed by atoms with van der Waals surface area (Å²) in [6.07, 6.45) is -4.45. The van der Waals surface area contributed by atoms with E-state index >= 15 is 0 Å². The number of benzene rings is 2. The van der Waals surface area contributed by atoms with Crippen LogP contribution in [0.4, 0.5) is 18.9 Å². The Labute approximate surface area is 174 Å². The molecular formula is C20H16F3N3O3S. The third-order valence-electron chi connectivity index (χ3n) is 4.33. The Morgan fingerprint density at radius 2 is 1.83 bits per heavy atom. The highest BCUT2D eigenvalue weighted by atomic mass is 32.2. The summed E-state index contributed by atoms with van der Waals surface area (Å²) in [6, 6.07) is 11.6. The van der Waals surface area contributed by atoms with Crippen LogP contribution in [0.1, 0.15) is 11.1 Å². The number of nitrogens with zero attached hydrogens (tertiary/aromatic N) is 2. The van der Waals surface area contributed by atoms with Gasteiger partial charge < -0.3 is 15.0 Å². The van der Waals surface area contributed by atoms with E-state index in [9.17, 15) is 22.8 Å². The molecule has 0 radical (unpaired) electrons. The summed E-state index contributed by atoms with van der Waals surface area (Å²) in [5.41, 5.74) is 0.155. The van der Waals surface area contributed by atoms with E-state index in [4.69, 9.17) is 10.00 Å². The molecule has 1 unspecified atom stereocenters. The Morgan fingerprint density at radius 3 is 2.43 bits per heavy atom. The summed E-state index contributed by atoms with van der Waals surface area (Å²) in [4.78, 5) is 26.4. The van der Waals surface area contributed by atoms with Crippen LogP contribution in [0.2, 0.25) is 0 Å². The second kappa shape index (κ2) is 9.09. The van der Waals surface area contributed by atoms with Crippen LogP contribution in [0.3, 0.4) is 0 Å². The number of amides is 2. The lowest BCUT2D eigenvalue weighted by atomic mass is 10.2. The molecule has 2 aromatic carbocycles. The van der Waals surface area contributed by atoms with Gasteiger partial charge >= 0.3 is 6.18 Å². The average molecular weight is 435 g/mol. The first-order valence-corrected chi connectivity index (χ1v) is 9.91. The highest BCUT2D eigenvalue weighted by Gasteiger charge is 2.35. The van der Waals surface area contributed by atoms with Gasteiger partial charge in [0.05, 0.1) is 23.1 Å². The Balaban J connectivity index is 1.57. The van der Waals surface area contributed by atoms with Gasteiger partial charge in [-0.15, -0.1) is 11.8 Å². The first kappa shape index (κ1) is 21.5. The first-order valence-electron chi connectivity index (χ1n) is 8.76. The molecule has 30 heavy (non-hydrogen) atoms. The maximum atomic E-state index is 12.6. The summed E-state index contributed by atoms with van der Waals surface area (Å²) < 4.78 is 43.1. The lowest BCUT2D eigenvalue weighted by Crippen LogP contribution is -2.46. The highest BCUT2D eigenvalue weighted by Crippen LogP contribution is 2.30. The maximum Gasteiger partial charge on any atom is 0.416 e. The average Bonchev–Trinajstić information content (AvgIpc) is 3.22. The van der Waals surface area contributed by atoms with E-state index in [2.05, 4.69) is 5.32 Å². The number of rotatable bonds is 5. The van der Waals surface area contributed by atoms with Crippen molar-refractivity contribution in [2.75, 3.05) is 23.6 Å². The lowest BCUT2D eigenvalue weighted by Gasteiger charge is -2.23. The van der Waals surface area contributed by atoms with Crippen molar-refractivity contribution in [3.63, 3.8) is 0 Å². The summed E-state index contributed by atoms with van der Waals surface area (Å²) >= 11 is 1.41. The fraction of sp³-hybridized carbons (Fsp3) is 0.250. The quantitative estimate of drug-likeness (QED) is 0.778. The number of nitrogens with one attached hydrogen (secondary N) is 1. The molecule has 0 aromatic heterocycles. The minimum atomic E-state index is -4.45. The second-order valence-corrected chi connectivity index (χ2v) is 7.37. The van der Waals surface area contributed by atoms with Gasteiger partial charge in [-0.2, -0.15) is 18.4 Å². The molecular weight excluding hydrogens is 419 g/mol. The molecule has 0 aliphatic carbocycles. The van der Waals surface area contributed by atoms with E-state index < -0.39 is 30.3 Å². The number of halogens is 3. The van der Waals surface area contributed by atoms with Crippen LogP contribution >= 0.6 is 11.8 Å². The number of thioether (sulfide) groups is 1. The minimum Gasteiger partial charge on any atom is -0.484 e. The molecule has 3 rings (SSSR count). The molecule has 1 atom stereocenters. The van der Waals surface area contributed by atoms with Crippen LogP contribution in [0, 0.1) is 11.3 Å². The first-order chi connectivity index (χ1) is 14.3. The predicted molar refractivity (Wildman–Crippen MR) is 105 cm³/mol. The zero-order chi connectivity index (χ0) is 21.7. The number of carbonyl (C=O) groups is 2. The fourth-order valence-electron chi connectivity index (χ4n) is 2.73. The van der Waals surface area contributed by atoms with E-state index in [1.54, 1.807) is 24.3 Å². The zero-order valence-corrected chi connectivity index (χ0v) is 16.3. The zero-order valence-electron chi connectivity index (χ0n) is 15.5. The number of hydrogen-bond donors (Lipinski definition) is 1. The third kappa shape index (κ3) is 5.24. The van der Waals surface area contributed by atoms with Crippen molar-refractivity contribution in [3.8, 4) is 11.8 Å². The van der Waals surface area contributed by atoms with E-state index in [1.807, 2.05) is 6.07 Å². The van der Waals surface area contributed by atoms with E-state index in [-0.39, 0.29) is 11.7 Å². The monoisotopic (exact) mass is 435 g/mol. The molecule has 1 fully saturated rings. The molecule has 2 aromatic rings. The molecule has 10 heteroatoms. The van der Waals surface area contributed by atoms with E-state index in [1.165, 1.54) is 16.7 Å². The maximum absolute atomic E-state index is 12.6. The number of anilines is 1. The van der Waals surface area contributed by atoms with Crippen molar-refractivity contribution < 1.29 is 27.5 Å². The predicted octanol–water partition coefficient (Wildman–Crippen LogP) is 3.50. The van der Waals surface area contributed by atoms with Gasteiger partial charge in [-0.3, -0.25) is 9.59 Å². The number of alkyl halides is 3. The normalized spacial score (nSPS) is 16.1. The molecule has 156 valence electrons. The van der Waals surface area contributed by atoms with Gasteiger partial charge in [0.2, 0.25) is 5.91 Å². The van der Waals surface area contributed by atoms with Gasteiger partial charge in [0.15, 0.2) is 6.61 Å². The van der Waals surface area contributed by atoms with Crippen LogP contribution in [-0.4, -0.2) is 41.0 Å². The number of ether oxygens (including phenoxy) is 1. The summed E-state index contributed by atoms with van der Waals surface area (Å²) in [6.45, 7) is -0.396. The van der Waals surface area contributed by atoms with Crippen molar-refractivity contribution in [2.45, 2.75) is 12.2 Å². The smallest absolute Gasteiger partial charge is 0.416 e. The standard InChI is InChI=1S/C20H16F3N3O3S/c21-20(22,23)14-3-7-16(8-4-14)29-10-18(27)26-12-30-11-17(26)19(28)25-15-5-1-13(9-24)2-6-15/h1-8,17H,10-12H2,(H,25,28). The van der Waals surface area contributed by atoms with Crippen LogP contribution in [0.25, 0.3) is 0 Å². The second-order valence-electron chi connectivity index (χ2n) is 6.37. The molecule has 1 aliphatic heterocycles. The Hall–Kier alpha value is -3.19. The van der Waals surface area contributed by atoms with Crippen LogP contribution in [-0.2, 0) is 15.8 Å².